The summed E-state index contributed by atoms with van der Waals surface area (Å²) < 4.78 is 13.2. The maximum atomic E-state index is 6.68. The molecule has 1 aliphatic carbocycles. The van der Waals surface area contributed by atoms with E-state index in [1.165, 1.54) is 27.8 Å². The van der Waals surface area contributed by atoms with Crippen molar-refractivity contribution in [3.63, 3.8) is 0 Å². The lowest BCUT2D eigenvalue weighted by atomic mass is 9.82. The SMILES string of the molecule is CC1(C)c2ccccc2-c2cc(-c3ccc4oc5cccc(-c6nc(-c7ccccc7)nc7c6oc6ccc(-c8ccccc8)cc67)c5c4c3)ccc21. The van der Waals surface area contributed by atoms with Gasteiger partial charge in [-0.1, -0.05) is 135 Å². The Hall–Kier alpha value is -6.78. The molecule has 3 heterocycles. The first kappa shape index (κ1) is 29.9. The van der Waals surface area contributed by atoms with E-state index in [9.17, 15) is 0 Å². The molecule has 0 saturated carbocycles. The van der Waals surface area contributed by atoms with Crippen molar-refractivity contribution in [3.8, 4) is 56.0 Å². The summed E-state index contributed by atoms with van der Waals surface area (Å²) in [5, 5.41) is 2.99. The molecule has 0 aliphatic heterocycles. The van der Waals surface area contributed by atoms with Crippen LogP contribution < -0.4 is 0 Å². The van der Waals surface area contributed by atoms with Crippen molar-refractivity contribution in [2.45, 2.75) is 19.3 Å². The quantitative estimate of drug-likeness (QED) is 0.186. The maximum absolute atomic E-state index is 6.68. The van der Waals surface area contributed by atoms with E-state index in [0.717, 1.165) is 71.9 Å². The number of aromatic nitrogens is 2. The van der Waals surface area contributed by atoms with Gasteiger partial charge in [0.2, 0.25) is 0 Å². The standard InChI is InChI=1S/C49H32N2O2/c1-49(2)39-18-10-9-16-34(39)36-26-32(20-23-40(36)49)33-22-24-41-37(27-33)44-35(17-11-19-43(44)52-41)45-47-46(51-48(50-45)30-14-7-4-8-15-30)38-28-31(21-25-42(38)53-47)29-12-5-3-6-13-29/h3-28H,1-2H3. The van der Waals surface area contributed by atoms with Crippen molar-refractivity contribution in [1.82, 2.24) is 9.97 Å². The highest BCUT2D eigenvalue weighted by molar-refractivity contribution is 6.17. The second-order valence-electron chi connectivity index (χ2n) is 14.5. The highest BCUT2D eigenvalue weighted by Gasteiger charge is 2.35. The van der Waals surface area contributed by atoms with E-state index >= 15 is 0 Å². The fraction of sp³-hybridized carbons (Fsp3) is 0.0612. The minimum Gasteiger partial charge on any atom is -0.456 e. The third kappa shape index (κ3) is 4.49. The van der Waals surface area contributed by atoms with Crippen LogP contribution in [-0.2, 0) is 5.41 Å². The fourth-order valence-corrected chi connectivity index (χ4v) is 8.46. The molecule has 0 bridgehead atoms. The van der Waals surface area contributed by atoms with E-state index < -0.39 is 0 Å². The van der Waals surface area contributed by atoms with Crippen LogP contribution in [0, 0.1) is 0 Å². The molecular weight excluding hydrogens is 649 g/mol. The van der Waals surface area contributed by atoms with Gasteiger partial charge in [0.25, 0.3) is 0 Å². The number of furan rings is 2. The predicted octanol–water partition coefficient (Wildman–Crippen LogP) is 13.2. The molecule has 0 amide bonds. The van der Waals surface area contributed by atoms with E-state index in [1.807, 2.05) is 42.5 Å². The number of hydrogen-bond donors (Lipinski definition) is 0. The Bertz CT molecular complexity index is 3080. The smallest absolute Gasteiger partial charge is 0.180 e. The Balaban J connectivity index is 1.14. The van der Waals surface area contributed by atoms with Crippen LogP contribution in [0.5, 0.6) is 0 Å². The molecule has 0 unspecified atom stereocenters. The Labute approximate surface area is 306 Å². The largest absolute Gasteiger partial charge is 0.456 e. The first-order valence-corrected chi connectivity index (χ1v) is 18.1. The lowest BCUT2D eigenvalue weighted by Gasteiger charge is -2.21. The topological polar surface area (TPSA) is 52.1 Å². The molecule has 1 aliphatic rings. The Morgan fingerprint density at radius 3 is 1.87 bits per heavy atom. The molecule has 53 heavy (non-hydrogen) atoms. The molecular formula is C49H32N2O2. The van der Waals surface area contributed by atoms with Crippen LogP contribution in [-0.4, -0.2) is 9.97 Å². The lowest BCUT2D eigenvalue weighted by molar-refractivity contribution is 0.660. The van der Waals surface area contributed by atoms with Crippen LogP contribution in [0.1, 0.15) is 25.0 Å². The summed E-state index contributed by atoms with van der Waals surface area (Å²) in [4.78, 5) is 10.4. The van der Waals surface area contributed by atoms with Gasteiger partial charge in [-0.3, -0.25) is 0 Å². The molecule has 0 spiro atoms. The van der Waals surface area contributed by atoms with Gasteiger partial charge in [0.15, 0.2) is 11.4 Å². The third-order valence-electron chi connectivity index (χ3n) is 11.1. The van der Waals surface area contributed by atoms with Gasteiger partial charge >= 0.3 is 0 Å². The number of rotatable bonds is 4. The zero-order chi connectivity index (χ0) is 35.3. The summed E-state index contributed by atoms with van der Waals surface area (Å²) in [5.41, 5.74) is 16.3. The average molecular weight is 681 g/mol. The maximum Gasteiger partial charge on any atom is 0.180 e. The number of fused-ring (bicyclic) bond motifs is 9. The van der Waals surface area contributed by atoms with E-state index in [2.05, 4.69) is 129 Å². The van der Waals surface area contributed by atoms with Gasteiger partial charge < -0.3 is 8.83 Å². The number of hydrogen-bond acceptors (Lipinski definition) is 4. The molecule has 250 valence electrons. The molecule has 0 fully saturated rings. The zero-order valence-electron chi connectivity index (χ0n) is 29.2. The highest BCUT2D eigenvalue weighted by atomic mass is 16.3. The Morgan fingerprint density at radius 2 is 1.06 bits per heavy atom. The van der Waals surface area contributed by atoms with Gasteiger partial charge in [-0.25, -0.2) is 9.97 Å². The Kier molecular flexibility index (Phi) is 6.27. The van der Waals surface area contributed by atoms with Gasteiger partial charge in [-0.05, 0) is 80.9 Å². The second kappa shape index (κ2) is 11.1. The first-order chi connectivity index (χ1) is 26.0. The molecule has 7 aromatic carbocycles. The van der Waals surface area contributed by atoms with E-state index in [1.54, 1.807) is 0 Å². The van der Waals surface area contributed by atoms with Gasteiger partial charge in [-0.2, -0.15) is 0 Å². The van der Waals surface area contributed by atoms with E-state index in [0.29, 0.717) is 11.4 Å². The van der Waals surface area contributed by atoms with Gasteiger partial charge in [0.05, 0.1) is 0 Å². The summed E-state index contributed by atoms with van der Waals surface area (Å²) >= 11 is 0. The average Bonchev–Trinajstić information content (AvgIpc) is 3.85. The van der Waals surface area contributed by atoms with Crippen molar-refractivity contribution in [2.24, 2.45) is 0 Å². The number of nitrogens with zero attached hydrogens (tertiary/aromatic N) is 2. The first-order valence-electron chi connectivity index (χ1n) is 18.1. The third-order valence-corrected chi connectivity index (χ3v) is 11.1. The van der Waals surface area contributed by atoms with Crippen LogP contribution in [0.4, 0.5) is 0 Å². The minimum atomic E-state index is -0.0364. The molecule has 11 rings (SSSR count). The summed E-state index contributed by atoms with van der Waals surface area (Å²) in [6.45, 7) is 4.64. The molecule has 10 aromatic rings. The summed E-state index contributed by atoms with van der Waals surface area (Å²) in [5.74, 6) is 0.646. The molecule has 3 aromatic heterocycles. The summed E-state index contributed by atoms with van der Waals surface area (Å²) in [6, 6.07) is 55.3. The van der Waals surface area contributed by atoms with Gasteiger partial charge in [0.1, 0.15) is 28.0 Å². The van der Waals surface area contributed by atoms with Crippen LogP contribution in [0.3, 0.4) is 0 Å². The molecule has 4 heteroatoms. The van der Waals surface area contributed by atoms with Crippen molar-refractivity contribution < 1.29 is 8.83 Å². The summed E-state index contributed by atoms with van der Waals surface area (Å²) in [6.07, 6.45) is 0. The van der Waals surface area contributed by atoms with Crippen molar-refractivity contribution in [3.05, 3.63) is 169 Å². The van der Waals surface area contributed by atoms with Crippen molar-refractivity contribution in [1.29, 1.82) is 0 Å². The Morgan fingerprint density at radius 1 is 0.434 bits per heavy atom. The molecule has 4 nitrogen and oxygen atoms in total. The van der Waals surface area contributed by atoms with Crippen molar-refractivity contribution in [2.75, 3.05) is 0 Å². The van der Waals surface area contributed by atoms with Gasteiger partial charge in [-0.15, -0.1) is 0 Å². The molecule has 0 atom stereocenters. The van der Waals surface area contributed by atoms with Gasteiger partial charge in [0, 0.05) is 32.7 Å². The lowest BCUT2D eigenvalue weighted by Crippen LogP contribution is -2.14. The molecule has 0 radical (unpaired) electrons. The van der Waals surface area contributed by atoms with Crippen LogP contribution in [0.2, 0.25) is 0 Å². The van der Waals surface area contributed by atoms with Crippen LogP contribution >= 0.6 is 0 Å². The molecule has 0 saturated heterocycles. The van der Waals surface area contributed by atoms with Crippen LogP contribution in [0.25, 0.3) is 100 Å². The fourth-order valence-electron chi connectivity index (χ4n) is 8.46. The normalized spacial score (nSPS) is 13.2. The molecule has 0 N–H and O–H groups in total. The van der Waals surface area contributed by atoms with E-state index in [4.69, 9.17) is 18.8 Å². The van der Waals surface area contributed by atoms with E-state index in [-0.39, 0.29) is 5.41 Å². The van der Waals surface area contributed by atoms with Crippen molar-refractivity contribution >= 4 is 44.0 Å². The number of benzene rings is 7. The minimum absolute atomic E-state index is 0.0364. The highest BCUT2D eigenvalue weighted by Crippen LogP contribution is 2.50. The summed E-state index contributed by atoms with van der Waals surface area (Å²) in [7, 11) is 0. The predicted molar refractivity (Wildman–Crippen MR) is 216 cm³/mol. The monoisotopic (exact) mass is 680 g/mol. The zero-order valence-corrected chi connectivity index (χ0v) is 29.2. The second-order valence-corrected chi connectivity index (χ2v) is 14.5. The van der Waals surface area contributed by atoms with Crippen LogP contribution in [0.15, 0.2) is 167 Å².